The lowest BCUT2D eigenvalue weighted by molar-refractivity contribution is 0.0991. The highest BCUT2D eigenvalue weighted by atomic mass is 16.8. The van der Waals surface area contributed by atoms with Crippen LogP contribution in [0.4, 0.5) is 9.59 Å². The minimum absolute atomic E-state index is 0.108. The maximum absolute atomic E-state index is 11.1. The van der Waals surface area contributed by atoms with Gasteiger partial charge < -0.3 is 23.5 Å². The van der Waals surface area contributed by atoms with E-state index < -0.39 is 12.3 Å². The summed E-state index contributed by atoms with van der Waals surface area (Å²) in [6.07, 6.45) is -1.99. The Morgan fingerprint density at radius 1 is 1.11 bits per heavy atom. The van der Waals surface area contributed by atoms with Crippen molar-refractivity contribution in [3.8, 4) is 11.7 Å². The first-order chi connectivity index (χ1) is 8.49. The first kappa shape index (κ1) is 13.8. The third-order valence-electron chi connectivity index (χ3n) is 1.89. The zero-order valence-corrected chi connectivity index (χ0v) is 10.4. The van der Waals surface area contributed by atoms with Crippen molar-refractivity contribution >= 4 is 12.3 Å². The van der Waals surface area contributed by atoms with Gasteiger partial charge in [-0.3, -0.25) is 0 Å². The predicted molar refractivity (Wildman–Crippen MR) is 56.7 cm³/mol. The summed E-state index contributed by atoms with van der Waals surface area (Å²) >= 11 is 0. The summed E-state index contributed by atoms with van der Waals surface area (Å²) in [6.45, 7) is 3.59. The molecule has 0 saturated heterocycles. The molecule has 1 aromatic rings. The average molecular weight is 259 g/mol. The van der Waals surface area contributed by atoms with Crippen molar-refractivity contribution in [2.24, 2.45) is 0 Å². The number of methoxy groups -OCH3 is 2. The molecule has 0 N–H and O–H groups in total. The van der Waals surface area contributed by atoms with Crippen molar-refractivity contribution in [2.45, 2.75) is 19.8 Å². The van der Waals surface area contributed by atoms with Crippen LogP contribution in [0.1, 0.15) is 25.5 Å². The fourth-order valence-corrected chi connectivity index (χ4v) is 1.05. The third-order valence-corrected chi connectivity index (χ3v) is 1.89. The van der Waals surface area contributed by atoms with Gasteiger partial charge in [-0.1, -0.05) is 19.0 Å². The summed E-state index contributed by atoms with van der Waals surface area (Å²) in [4.78, 5) is 22.0. The Bertz CT molecular complexity index is 437. The summed E-state index contributed by atoms with van der Waals surface area (Å²) in [6, 6.07) is 0. The Hall–Kier alpha value is -2.25. The molecule has 1 aromatic heterocycles. The molecular formula is C10H13NO7. The quantitative estimate of drug-likeness (QED) is 0.761. The summed E-state index contributed by atoms with van der Waals surface area (Å²) in [5.41, 5.74) is 0.319. The van der Waals surface area contributed by atoms with Gasteiger partial charge in [0.25, 0.3) is 0 Å². The highest BCUT2D eigenvalue weighted by Gasteiger charge is 2.26. The molecule has 0 amide bonds. The Morgan fingerprint density at radius 2 is 1.67 bits per heavy atom. The summed E-state index contributed by atoms with van der Waals surface area (Å²) in [5, 5.41) is 3.65. The Labute approximate surface area is 103 Å². The van der Waals surface area contributed by atoms with Crippen LogP contribution in [0.3, 0.4) is 0 Å². The van der Waals surface area contributed by atoms with E-state index in [1.165, 1.54) is 0 Å². The largest absolute Gasteiger partial charge is 0.516 e. The molecule has 18 heavy (non-hydrogen) atoms. The summed E-state index contributed by atoms with van der Waals surface area (Å²) < 4.78 is 22.9. The molecule has 8 heteroatoms. The van der Waals surface area contributed by atoms with Gasteiger partial charge in [0, 0.05) is 5.92 Å². The SMILES string of the molecule is COC(=O)Oc1onc(C(C)C)c1OC(=O)OC. The Balaban J connectivity index is 3.02. The van der Waals surface area contributed by atoms with Crippen molar-refractivity contribution in [3.05, 3.63) is 5.69 Å². The summed E-state index contributed by atoms with van der Waals surface area (Å²) in [5.74, 6) is -0.582. The van der Waals surface area contributed by atoms with Gasteiger partial charge in [-0.25, -0.2) is 9.59 Å². The van der Waals surface area contributed by atoms with Crippen LogP contribution in [-0.4, -0.2) is 31.7 Å². The first-order valence-electron chi connectivity index (χ1n) is 5.00. The van der Waals surface area contributed by atoms with Gasteiger partial charge in [0.1, 0.15) is 5.69 Å². The van der Waals surface area contributed by atoms with Gasteiger partial charge in [-0.15, -0.1) is 0 Å². The minimum Gasteiger partial charge on any atom is -0.437 e. The second-order valence-corrected chi connectivity index (χ2v) is 3.45. The van der Waals surface area contributed by atoms with E-state index >= 15 is 0 Å². The van der Waals surface area contributed by atoms with Crippen LogP contribution in [0.25, 0.3) is 0 Å². The molecule has 0 aliphatic rings. The molecule has 8 nitrogen and oxygen atoms in total. The Morgan fingerprint density at radius 3 is 2.17 bits per heavy atom. The number of hydrogen-bond donors (Lipinski definition) is 0. The van der Waals surface area contributed by atoms with Gasteiger partial charge in [0.05, 0.1) is 14.2 Å². The maximum atomic E-state index is 11.1. The smallest absolute Gasteiger partial charge is 0.437 e. The lowest BCUT2D eigenvalue weighted by Gasteiger charge is -2.05. The number of hydrogen-bond acceptors (Lipinski definition) is 8. The molecule has 0 aliphatic carbocycles. The zero-order chi connectivity index (χ0) is 13.7. The number of carbonyl (C=O) groups is 2. The molecule has 0 unspecified atom stereocenters. The molecule has 1 heterocycles. The van der Waals surface area contributed by atoms with E-state index in [0.717, 1.165) is 14.2 Å². The van der Waals surface area contributed by atoms with E-state index in [4.69, 9.17) is 9.26 Å². The lowest BCUT2D eigenvalue weighted by Crippen LogP contribution is -2.12. The topological polar surface area (TPSA) is 97.1 Å². The molecule has 0 bridgehead atoms. The third kappa shape index (κ3) is 3.12. The normalized spacial score (nSPS) is 10.1. The molecule has 1 rings (SSSR count). The lowest BCUT2D eigenvalue weighted by atomic mass is 10.1. The van der Waals surface area contributed by atoms with Crippen molar-refractivity contribution in [1.29, 1.82) is 0 Å². The highest BCUT2D eigenvalue weighted by Crippen LogP contribution is 2.36. The number of rotatable bonds is 3. The van der Waals surface area contributed by atoms with E-state index in [1.807, 2.05) is 0 Å². The van der Waals surface area contributed by atoms with Gasteiger partial charge in [-0.2, -0.15) is 0 Å². The van der Waals surface area contributed by atoms with Gasteiger partial charge in [0.15, 0.2) is 0 Å². The average Bonchev–Trinajstić information content (AvgIpc) is 2.72. The molecule has 0 atom stereocenters. The predicted octanol–water partition coefficient (Wildman–Crippen LogP) is 2.09. The van der Waals surface area contributed by atoms with E-state index in [-0.39, 0.29) is 17.6 Å². The molecule has 0 radical (unpaired) electrons. The van der Waals surface area contributed by atoms with Crippen molar-refractivity contribution in [1.82, 2.24) is 5.16 Å². The second-order valence-electron chi connectivity index (χ2n) is 3.45. The minimum atomic E-state index is -1.02. The zero-order valence-electron chi connectivity index (χ0n) is 10.4. The van der Waals surface area contributed by atoms with E-state index in [9.17, 15) is 9.59 Å². The van der Waals surface area contributed by atoms with Gasteiger partial charge >= 0.3 is 18.3 Å². The van der Waals surface area contributed by atoms with Crippen LogP contribution in [0.2, 0.25) is 0 Å². The fraction of sp³-hybridized carbons (Fsp3) is 0.500. The standard InChI is InChI=1S/C10H13NO7/c1-5(2)6-7(16-9(12)14-3)8(18-11-6)17-10(13)15-4/h5H,1-4H3. The van der Waals surface area contributed by atoms with Crippen LogP contribution in [0, 0.1) is 0 Å². The fourth-order valence-electron chi connectivity index (χ4n) is 1.05. The molecule has 0 aliphatic heterocycles. The molecule has 0 saturated carbocycles. The molecule has 0 spiro atoms. The number of carbonyl (C=O) groups excluding carboxylic acids is 2. The van der Waals surface area contributed by atoms with Gasteiger partial charge in [-0.05, 0) is 0 Å². The first-order valence-corrected chi connectivity index (χ1v) is 5.00. The van der Waals surface area contributed by atoms with E-state index in [2.05, 4.69) is 19.4 Å². The van der Waals surface area contributed by atoms with Crippen molar-refractivity contribution in [2.75, 3.05) is 14.2 Å². The monoisotopic (exact) mass is 259 g/mol. The van der Waals surface area contributed by atoms with Gasteiger partial charge in [0.2, 0.25) is 5.75 Å². The van der Waals surface area contributed by atoms with Crippen molar-refractivity contribution < 1.29 is 33.1 Å². The molecular weight excluding hydrogens is 246 g/mol. The number of aromatic nitrogens is 1. The summed E-state index contributed by atoms with van der Waals surface area (Å²) in [7, 11) is 2.27. The maximum Gasteiger partial charge on any atom is 0.516 e. The number of ether oxygens (including phenoxy) is 4. The molecule has 0 aromatic carbocycles. The molecule has 0 fully saturated rings. The van der Waals surface area contributed by atoms with Crippen LogP contribution in [0.15, 0.2) is 4.52 Å². The Kier molecular flexibility index (Phi) is 4.52. The van der Waals surface area contributed by atoms with Crippen LogP contribution in [0.5, 0.6) is 11.7 Å². The van der Waals surface area contributed by atoms with E-state index in [0.29, 0.717) is 5.69 Å². The van der Waals surface area contributed by atoms with Crippen LogP contribution in [-0.2, 0) is 9.47 Å². The van der Waals surface area contributed by atoms with E-state index in [1.54, 1.807) is 13.8 Å². The second kappa shape index (κ2) is 5.89. The van der Waals surface area contributed by atoms with Crippen LogP contribution >= 0.6 is 0 Å². The number of nitrogens with zero attached hydrogens (tertiary/aromatic N) is 1. The molecule has 100 valence electrons. The van der Waals surface area contributed by atoms with Crippen LogP contribution < -0.4 is 9.47 Å². The highest BCUT2D eigenvalue weighted by molar-refractivity contribution is 5.68. The van der Waals surface area contributed by atoms with Crippen molar-refractivity contribution in [3.63, 3.8) is 0 Å².